The summed E-state index contributed by atoms with van der Waals surface area (Å²) in [6.07, 6.45) is 9.38. The van der Waals surface area contributed by atoms with Gasteiger partial charge >= 0.3 is 0 Å². The lowest BCUT2D eigenvalue weighted by Gasteiger charge is -2.28. The van der Waals surface area contributed by atoms with Crippen molar-refractivity contribution in [1.29, 1.82) is 0 Å². The highest BCUT2D eigenvalue weighted by Gasteiger charge is 2.19. The van der Waals surface area contributed by atoms with Crippen LogP contribution in [0.15, 0.2) is 4.99 Å². The molecule has 0 bridgehead atoms. The van der Waals surface area contributed by atoms with E-state index in [1.807, 2.05) is 11.8 Å². The van der Waals surface area contributed by atoms with Gasteiger partial charge < -0.3 is 5.32 Å². The van der Waals surface area contributed by atoms with Gasteiger partial charge in [-0.1, -0.05) is 64.6 Å². The summed E-state index contributed by atoms with van der Waals surface area (Å²) < 4.78 is 0. The van der Waals surface area contributed by atoms with E-state index in [0.717, 1.165) is 6.54 Å². The second-order valence-corrected chi connectivity index (χ2v) is 6.67. The largest absolute Gasteiger partial charge is 0.362 e. The first-order valence-corrected chi connectivity index (χ1v) is 8.66. The minimum Gasteiger partial charge on any atom is -0.362 e. The van der Waals surface area contributed by atoms with E-state index in [1.54, 1.807) is 0 Å². The van der Waals surface area contributed by atoms with E-state index in [2.05, 4.69) is 26.1 Å². The van der Waals surface area contributed by atoms with Gasteiger partial charge in [0.25, 0.3) is 0 Å². The molecule has 1 N–H and O–H groups in total. The molecular formula is C15H30N2S. The Morgan fingerprint density at radius 2 is 1.94 bits per heavy atom. The molecular weight excluding hydrogens is 240 g/mol. The monoisotopic (exact) mass is 270 g/mol. The molecule has 1 fully saturated rings. The van der Waals surface area contributed by atoms with Crippen molar-refractivity contribution in [3.8, 4) is 0 Å². The lowest BCUT2D eigenvalue weighted by Crippen LogP contribution is -2.41. The molecule has 0 amide bonds. The van der Waals surface area contributed by atoms with Crippen LogP contribution < -0.4 is 5.32 Å². The molecule has 1 atom stereocenters. The van der Waals surface area contributed by atoms with Gasteiger partial charge in [0.1, 0.15) is 0 Å². The Morgan fingerprint density at radius 1 is 1.22 bits per heavy atom. The number of unbranched alkanes of at least 4 members (excludes halogenated alkanes) is 5. The first-order chi connectivity index (χ1) is 8.74. The standard InChI is InChI=1S/C15H30N2S/c1-4-5-6-7-8-9-11-16-15-17-14(13(2)3)10-12-18-15/h13-14H,4-12H2,1-3H3,(H,16,17). The average molecular weight is 270 g/mol. The lowest BCUT2D eigenvalue weighted by molar-refractivity contribution is 0.442. The molecule has 1 unspecified atom stereocenters. The zero-order chi connectivity index (χ0) is 13.2. The predicted octanol–water partition coefficient (Wildman–Crippen LogP) is 4.45. The van der Waals surface area contributed by atoms with Crippen molar-refractivity contribution >= 4 is 16.9 Å². The summed E-state index contributed by atoms with van der Waals surface area (Å²) in [5.74, 6) is 1.94. The van der Waals surface area contributed by atoms with Gasteiger partial charge in [0.2, 0.25) is 0 Å². The number of hydrogen-bond acceptors (Lipinski definition) is 2. The molecule has 2 nitrogen and oxygen atoms in total. The molecule has 0 aromatic rings. The third-order valence-corrected chi connectivity index (χ3v) is 4.51. The summed E-state index contributed by atoms with van der Waals surface area (Å²) in [5, 5.41) is 4.77. The number of aliphatic imine (C=N–C) groups is 1. The summed E-state index contributed by atoms with van der Waals surface area (Å²) in [5.41, 5.74) is 0. The van der Waals surface area contributed by atoms with Crippen molar-refractivity contribution in [2.45, 2.75) is 71.8 Å². The van der Waals surface area contributed by atoms with E-state index < -0.39 is 0 Å². The maximum atomic E-state index is 4.70. The van der Waals surface area contributed by atoms with Crippen LogP contribution in [0.25, 0.3) is 0 Å². The van der Waals surface area contributed by atoms with E-state index in [-0.39, 0.29) is 0 Å². The maximum absolute atomic E-state index is 4.70. The number of hydrogen-bond donors (Lipinski definition) is 1. The van der Waals surface area contributed by atoms with Crippen LogP contribution in [0, 0.1) is 5.92 Å². The number of nitrogens with zero attached hydrogens (tertiary/aromatic N) is 1. The molecule has 0 radical (unpaired) electrons. The molecule has 0 saturated carbocycles. The van der Waals surface area contributed by atoms with Gasteiger partial charge in [-0.05, 0) is 18.8 Å². The van der Waals surface area contributed by atoms with Gasteiger partial charge in [-0.2, -0.15) is 0 Å². The second-order valence-electron chi connectivity index (χ2n) is 5.59. The highest BCUT2D eigenvalue weighted by molar-refractivity contribution is 8.13. The van der Waals surface area contributed by atoms with E-state index in [4.69, 9.17) is 4.99 Å². The van der Waals surface area contributed by atoms with E-state index in [1.165, 1.54) is 55.9 Å². The molecule has 1 rings (SSSR count). The normalized spacial score (nSPS) is 22.4. The topological polar surface area (TPSA) is 24.4 Å². The third kappa shape index (κ3) is 6.67. The number of thioether (sulfide) groups is 1. The lowest BCUT2D eigenvalue weighted by atomic mass is 10.0. The van der Waals surface area contributed by atoms with Crippen LogP contribution in [0.1, 0.15) is 65.7 Å². The first kappa shape index (κ1) is 15.9. The molecule has 1 aliphatic heterocycles. The molecule has 106 valence electrons. The molecule has 1 aliphatic rings. The third-order valence-electron chi connectivity index (χ3n) is 3.55. The second kappa shape index (κ2) is 9.71. The van der Waals surface area contributed by atoms with E-state index in [9.17, 15) is 0 Å². The smallest absolute Gasteiger partial charge is 0.156 e. The molecule has 1 saturated heterocycles. The molecule has 1 heterocycles. The van der Waals surface area contributed by atoms with Crippen LogP contribution >= 0.6 is 11.8 Å². The Kier molecular flexibility index (Phi) is 8.57. The number of amidine groups is 1. The first-order valence-electron chi connectivity index (χ1n) is 7.67. The van der Waals surface area contributed by atoms with Gasteiger partial charge in [-0.3, -0.25) is 4.99 Å². The van der Waals surface area contributed by atoms with Gasteiger partial charge in [-0.15, -0.1) is 0 Å². The number of rotatable bonds is 8. The summed E-state index contributed by atoms with van der Waals surface area (Å²) in [6, 6.07) is 0.634. The predicted molar refractivity (Wildman–Crippen MR) is 84.5 cm³/mol. The highest BCUT2D eigenvalue weighted by atomic mass is 32.2. The van der Waals surface area contributed by atoms with Crippen molar-refractivity contribution in [2.24, 2.45) is 10.9 Å². The Hall–Kier alpha value is -0.180. The van der Waals surface area contributed by atoms with Gasteiger partial charge in [0.15, 0.2) is 5.17 Å². The van der Waals surface area contributed by atoms with Crippen molar-refractivity contribution in [3.63, 3.8) is 0 Å². The van der Waals surface area contributed by atoms with Crippen molar-refractivity contribution in [2.75, 3.05) is 12.3 Å². The minimum atomic E-state index is 0.634. The molecule has 18 heavy (non-hydrogen) atoms. The molecule has 0 aromatic carbocycles. The fraction of sp³-hybridized carbons (Fsp3) is 0.933. The van der Waals surface area contributed by atoms with Crippen LogP contribution in [0.3, 0.4) is 0 Å². The fourth-order valence-electron chi connectivity index (χ4n) is 2.22. The van der Waals surface area contributed by atoms with Crippen LogP contribution in [-0.4, -0.2) is 23.5 Å². The van der Waals surface area contributed by atoms with E-state index in [0.29, 0.717) is 12.0 Å². The zero-order valence-electron chi connectivity index (χ0n) is 12.4. The van der Waals surface area contributed by atoms with Crippen LogP contribution in [0.4, 0.5) is 0 Å². The minimum absolute atomic E-state index is 0.634. The van der Waals surface area contributed by atoms with Crippen LogP contribution in [0.2, 0.25) is 0 Å². The van der Waals surface area contributed by atoms with Gasteiger partial charge in [0, 0.05) is 18.3 Å². The Labute approximate surface area is 117 Å². The highest BCUT2D eigenvalue weighted by Crippen LogP contribution is 2.18. The number of nitrogens with one attached hydrogen (secondary N) is 1. The summed E-state index contributed by atoms with van der Waals surface area (Å²) in [4.78, 5) is 4.70. The summed E-state index contributed by atoms with van der Waals surface area (Å²) >= 11 is 1.90. The Bertz CT molecular complexity index is 239. The van der Waals surface area contributed by atoms with Crippen LogP contribution in [0.5, 0.6) is 0 Å². The SMILES string of the molecule is CCCCCCCCN=C1NC(C(C)C)CCS1. The Balaban J connectivity index is 2.10. The molecule has 0 aliphatic carbocycles. The molecule has 0 aromatic heterocycles. The van der Waals surface area contributed by atoms with Crippen molar-refractivity contribution in [3.05, 3.63) is 0 Å². The van der Waals surface area contributed by atoms with Gasteiger partial charge in [-0.25, -0.2) is 0 Å². The van der Waals surface area contributed by atoms with Crippen molar-refractivity contribution < 1.29 is 0 Å². The zero-order valence-corrected chi connectivity index (χ0v) is 13.2. The van der Waals surface area contributed by atoms with Crippen molar-refractivity contribution in [1.82, 2.24) is 5.32 Å². The Morgan fingerprint density at radius 3 is 2.67 bits per heavy atom. The molecule has 0 spiro atoms. The van der Waals surface area contributed by atoms with Gasteiger partial charge in [0.05, 0.1) is 0 Å². The average Bonchev–Trinajstić information content (AvgIpc) is 2.38. The van der Waals surface area contributed by atoms with Crippen LogP contribution in [-0.2, 0) is 0 Å². The maximum Gasteiger partial charge on any atom is 0.156 e. The quantitative estimate of drug-likeness (QED) is 0.659. The summed E-state index contributed by atoms with van der Waals surface area (Å²) in [7, 11) is 0. The fourth-order valence-corrected chi connectivity index (χ4v) is 3.20. The van der Waals surface area contributed by atoms with E-state index >= 15 is 0 Å². The summed E-state index contributed by atoms with van der Waals surface area (Å²) in [6.45, 7) is 7.85. The molecule has 3 heteroatoms.